The molecule has 0 aliphatic carbocycles. The minimum absolute atomic E-state index is 0.259. The number of carbonyl (C=O) groups excluding carboxylic acids is 1. The van der Waals surface area contributed by atoms with Crippen molar-refractivity contribution in [1.29, 1.82) is 0 Å². The Morgan fingerprint density at radius 3 is 2.75 bits per heavy atom. The molecule has 0 atom stereocenters. The number of methoxy groups -OCH3 is 2. The van der Waals surface area contributed by atoms with Crippen LogP contribution >= 0.6 is 15.9 Å². The van der Waals surface area contributed by atoms with E-state index in [2.05, 4.69) is 20.7 Å². The lowest BCUT2D eigenvalue weighted by Gasteiger charge is -2.22. The summed E-state index contributed by atoms with van der Waals surface area (Å²) in [5.41, 5.74) is 0.839. The third-order valence-electron chi connectivity index (χ3n) is 2.90. The van der Waals surface area contributed by atoms with E-state index in [9.17, 15) is 9.18 Å². The monoisotopic (exact) mass is 347 g/mol. The lowest BCUT2D eigenvalue weighted by Crippen LogP contribution is -2.29. The summed E-state index contributed by atoms with van der Waals surface area (Å²) in [6, 6.07) is 4.93. The van der Waals surface area contributed by atoms with E-state index in [0.717, 1.165) is 5.56 Å². The van der Waals surface area contributed by atoms with Crippen LogP contribution in [0.1, 0.15) is 12.0 Å². The lowest BCUT2D eigenvalue weighted by molar-refractivity contribution is -0.141. The van der Waals surface area contributed by atoms with E-state index in [1.54, 1.807) is 13.2 Å². The molecule has 20 heavy (non-hydrogen) atoms. The fraction of sp³-hybridized carbons (Fsp3) is 0.500. The average Bonchev–Trinajstić information content (AvgIpc) is 2.45. The van der Waals surface area contributed by atoms with Crippen LogP contribution in [0.3, 0.4) is 0 Å². The molecule has 6 heteroatoms. The zero-order valence-electron chi connectivity index (χ0n) is 11.7. The maximum absolute atomic E-state index is 13.5. The van der Waals surface area contributed by atoms with Gasteiger partial charge in [-0.2, -0.15) is 0 Å². The van der Waals surface area contributed by atoms with E-state index in [0.29, 0.717) is 37.1 Å². The highest BCUT2D eigenvalue weighted by Crippen LogP contribution is 2.21. The van der Waals surface area contributed by atoms with Gasteiger partial charge in [0.15, 0.2) is 0 Å². The van der Waals surface area contributed by atoms with Crippen LogP contribution in [0.4, 0.5) is 4.39 Å². The molecule has 0 aliphatic rings. The largest absolute Gasteiger partial charge is 0.469 e. The maximum atomic E-state index is 13.5. The number of benzene rings is 1. The Labute approximate surface area is 127 Å². The number of halogens is 2. The third-order valence-corrected chi connectivity index (χ3v) is 3.79. The maximum Gasteiger partial charge on any atom is 0.306 e. The van der Waals surface area contributed by atoms with E-state index >= 15 is 0 Å². The molecule has 0 heterocycles. The molecule has 112 valence electrons. The fourth-order valence-corrected chi connectivity index (χ4v) is 2.14. The second kappa shape index (κ2) is 9.05. The number of hydrogen-bond acceptors (Lipinski definition) is 4. The fourth-order valence-electron chi connectivity index (χ4n) is 1.75. The number of nitrogens with zero attached hydrogens (tertiary/aromatic N) is 1. The van der Waals surface area contributed by atoms with Gasteiger partial charge >= 0.3 is 5.97 Å². The van der Waals surface area contributed by atoms with Crippen molar-refractivity contribution in [2.24, 2.45) is 0 Å². The van der Waals surface area contributed by atoms with Gasteiger partial charge in [0.2, 0.25) is 0 Å². The van der Waals surface area contributed by atoms with E-state index in [1.165, 1.54) is 13.2 Å². The van der Waals surface area contributed by atoms with Crippen molar-refractivity contribution >= 4 is 21.9 Å². The summed E-state index contributed by atoms with van der Waals surface area (Å²) in [7, 11) is 2.99. The molecule has 1 rings (SSSR count). The highest BCUT2D eigenvalue weighted by molar-refractivity contribution is 9.10. The molecule has 0 aliphatic heterocycles. The van der Waals surface area contributed by atoms with Crippen LogP contribution in [-0.4, -0.2) is 44.8 Å². The summed E-state index contributed by atoms with van der Waals surface area (Å²) in [5.74, 6) is -0.548. The number of carbonyl (C=O) groups is 1. The first-order chi connectivity index (χ1) is 9.58. The Kier molecular flexibility index (Phi) is 7.72. The quantitative estimate of drug-likeness (QED) is 0.677. The van der Waals surface area contributed by atoms with Crippen molar-refractivity contribution < 1.29 is 18.7 Å². The van der Waals surface area contributed by atoms with E-state index in [4.69, 9.17) is 4.74 Å². The first-order valence-corrected chi connectivity index (χ1v) is 7.08. The van der Waals surface area contributed by atoms with E-state index < -0.39 is 0 Å². The molecule has 0 saturated heterocycles. The second-order valence-corrected chi connectivity index (χ2v) is 5.10. The van der Waals surface area contributed by atoms with Crippen LogP contribution in [-0.2, 0) is 20.8 Å². The molecule has 0 fully saturated rings. The highest BCUT2D eigenvalue weighted by Gasteiger charge is 2.12. The topological polar surface area (TPSA) is 38.8 Å². The third kappa shape index (κ3) is 5.56. The van der Waals surface area contributed by atoms with Crippen molar-refractivity contribution in [2.75, 3.05) is 33.9 Å². The van der Waals surface area contributed by atoms with Crippen LogP contribution in [0, 0.1) is 5.82 Å². The molecule has 0 saturated carbocycles. The molecular weight excluding hydrogens is 329 g/mol. The molecule has 0 unspecified atom stereocenters. The number of hydrogen-bond donors (Lipinski definition) is 0. The van der Waals surface area contributed by atoms with Crippen LogP contribution in [0.5, 0.6) is 0 Å². The minimum atomic E-state index is -0.290. The summed E-state index contributed by atoms with van der Waals surface area (Å²) in [5, 5.41) is 0. The van der Waals surface area contributed by atoms with Crippen molar-refractivity contribution in [3.05, 3.63) is 34.1 Å². The molecule has 0 amide bonds. The van der Waals surface area contributed by atoms with Gasteiger partial charge in [-0.1, -0.05) is 12.1 Å². The Morgan fingerprint density at radius 1 is 1.35 bits per heavy atom. The summed E-state index contributed by atoms with van der Waals surface area (Å²) in [4.78, 5) is 13.2. The van der Waals surface area contributed by atoms with E-state index in [-0.39, 0.29) is 11.8 Å². The molecule has 1 aromatic carbocycles. The van der Waals surface area contributed by atoms with Gasteiger partial charge in [0.1, 0.15) is 5.82 Å². The molecule has 0 spiro atoms. The molecule has 0 bridgehead atoms. The van der Waals surface area contributed by atoms with Gasteiger partial charge in [-0.05, 0) is 27.6 Å². The normalized spacial score (nSPS) is 10.8. The van der Waals surface area contributed by atoms with Gasteiger partial charge in [0.05, 0.1) is 24.6 Å². The van der Waals surface area contributed by atoms with Crippen LogP contribution in [0.25, 0.3) is 0 Å². The summed E-state index contributed by atoms with van der Waals surface area (Å²) < 4.78 is 23.6. The number of esters is 1. The summed E-state index contributed by atoms with van der Waals surface area (Å²) in [6.07, 6.45) is 0.299. The van der Waals surface area contributed by atoms with Gasteiger partial charge < -0.3 is 9.47 Å². The predicted octanol–water partition coefficient (Wildman–Crippen LogP) is 2.60. The summed E-state index contributed by atoms with van der Waals surface area (Å²) >= 11 is 3.25. The Bertz CT molecular complexity index is 442. The van der Waals surface area contributed by atoms with Gasteiger partial charge in [0.25, 0.3) is 0 Å². The van der Waals surface area contributed by atoms with Crippen LogP contribution < -0.4 is 0 Å². The van der Waals surface area contributed by atoms with Gasteiger partial charge in [-0.3, -0.25) is 9.69 Å². The molecular formula is C14H19BrFNO3. The SMILES string of the molecule is COCCN(CCC(=O)OC)Cc1cccc(F)c1Br. The average molecular weight is 348 g/mol. The predicted molar refractivity (Wildman–Crippen MR) is 77.9 cm³/mol. The Morgan fingerprint density at radius 2 is 2.10 bits per heavy atom. The molecule has 4 nitrogen and oxygen atoms in total. The lowest BCUT2D eigenvalue weighted by atomic mass is 10.2. The van der Waals surface area contributed by atoms with Crippen LogP contribution in [0.2, 0.25) is 0 Å². The first-order valence-electron chi connectivity index (χ1n) is 6.29. The van der Waals surface area contributed by atoms with Crippen molar-refractivity contribution in [1.82, 2.24) is 4.90 Å². The minimum Gasteiger partial charge on any atom is -0.469 e. The number of ether oxygens (including phenoxy) is 2. The van der Waals surface area contributed by atoms with E-state index in [1.807, 2.05) is 11.0 Å². The molecule has 0 radical (unpaired) electrons. The molecule has 0 N–H and O–H groups in total. The zero-order chi connectivity index (χ0) is 15.0. The molecule has 1 aromatic rings. The molecule has 0 aromatic heterocycles. The smallest absolute Gasteiger partial charge is 0.306 e. The second-order valence-electron chi connectivity index (χ2n) is 4.31. The van der Waals surface area contributed by atoms with Gasteiger partial charge in [-0.25, -0.2) is 4.39 Å². The van der Waals surface area contributed by atoms with Crippen molar-refractivity contribution in [3.63, 3.8) is 0 Å². The van der Waals surface area contributed by atoms with Gasteiger partial charge in [0, 0.05) is 26.7 Å². The first kappa shape index (κ1) is 17.1. The van der Waals surface area contributed by atoms with Gasteiger partial charge in [-0.15, -0.1) is 0 Å². The standard InChI is InChI=1S/C14H19BrFNO3/c1-19-9-8-17(7-6-13(18)20-2)10-11-4-3-5-12(16)14(11)15/h3-5H,6-10H2,1-2H3. The Balaban J connectivity index is 2.67. The number of rotatable bonds is 8. The zero-order valence-corrected chi connectivity index (χ0v) is 13.3. The van der Waals surface area contributed by atoms with Crippen molar-refractivity contribution in [2.45, 2.75) is 13.0 Å². The van der Waals surface area contributed by atoms with Crippen LogP contribution in [0.15, 0.2) is 22.7 Å². The highest BCUT2D eigenvalue weighted by atomic mass is 79.9. The van der Waals surface area contributed by atoms with Crippen molar-refractivity contribution in [3.8, 4) is 0 Å². The summed E-state index contributed by atoms with van der Waals surface area (Å²) in [6.45, 7) is 2.29. The Hall–Kier alpha value is -0.980.